The Morgan fingerprint density at radius 1 is 1.32 bits per heavy atom. The molecular formula is C12H13F3N4. The van der Waals surface area contributed by atoms with Gasteiger partial charge in [0.05, 0.1) is 23.5 Å². The minimum atomic E-state index is -4.35. The number of nitrogens with zero attached hydrogens (tertiary/aromatic N) is 3. The summed E-state index contributed by atoms with van der Waals surface area (Å²) in [4.78, 5) is 0. The highest BCUT2D eigenvalue weighted by atomic mass is 19.4. The van der Waals surface area contributed by atoms with E-state index in [0.717, 1.165) is 12.1 Å². The third-order valence-corrected chi connectivity index (χ3v) is 2.88. The highest BCUT2D eigenvalue weighted by Crippen LogP contribution is 2.31. The molecule has 0 aliphatic heterocycles. The lowest BCUT2D eigenvalue weighted by molar-refractivity contribution is -0.137. The molecule has 102 valence electrons. The number of hydrogen-bond donors (Lipinski definition) is 1. The van der Waals surface area contributed by atoms with E-state index in [1.165, 1.54) is 16.9 Å². The maximum absolute atomic E-state index is 12.7. The smallest absolute Gasteiger partial charge is 0.308 e. The minimum Gasteiger partial charge on any atom is -0.308 e. The summed E-state index contributed by atoms with van der Waals surface area (Å²) in [5, 5.41) is 10.5. The fourth-order valence-electron chi connectivity index (χ4n) is 1.94. The van der Waals surface area contributed by atoms with Crippen LogP contribution in [0.15, 0.2) is 30.5 Å². The summed E-state index contributed by atoms with van der Waals surface area (Å²) in [5.74, 6) is 0. The SMILES string of the molecule is CNC(c1cccc(C(F)(F)F)c1)c1cnnn1C. The molecule has 0 amide bonds. The van der Waals surface area contributed by atoms with Gasteiger partial charge in [-0.3, -0.25) is 4.68 Å². The van der Waals surface area contributed by atoms with Crippen LogP contribution in [0.1, 0.15) is 22.9 Å². The zero-order chi connectivity index (χ0) is 14.0. The molecule has 7 heteroatoms. The van der Waals surface area contributed by atoms with E-state index in [9.17, 15) is 13.2 Å². The van der Waals surface area contributed by atoms with E-state index in [2.05, 4.69) is 15.6 Å². The van der Waals surface area contributed by atoms with Crippen molar-refractivity contribution in [3.8, 4) is 0 Å². The molecule has 0 fully saturated rings. The molecule has 1 aromatic carbocycles. The summed E-state index contributed by atoms with van der Waals surface area (Å²) >= 11 is 0. The topological polar surface area (TPSA) is 42.7 Å². The van der Waals surface area contributed by atoms with Crippen molar-refractivity contribution in [2.45, 2.75) is 12.2 Å². The zero-order valence-electron chi connectivity index (χ0n) is 10.4. The van der Waals surface area contributed by atoms with Crippen LogP contribution in [0.3, 0.4) is 0 Å². The first-order valence-electron chi connectivity index (χ1n) is 5.62. The first kappa shape index (κ1) is 13.5. The molecule has 0 bridgehead atoms. The summed E-state index contributed by atoms with van der Waals surface area (Å²) in [6, 6.07) is 4.84. The number of alkyl halides is 3. The Bertz CT molecular complexity index is 562. The first-order chi connectivity index (χ1) is 8.93. The maximum atomic E-state index is 12.7. The maximum Gasteiger partial charge on any atom is 0.416 e. The molecule has 1 atom stereocenters. The molecule has 0 radical (unpaired) electrons. The molecule has 0 aliphatic carbocycles. The molecule has 0 spiro atoms. The molecule has 1 heterocycles. The van der Waals surface area contributed by atoms with Crippen LogP contribution in [0, 0.1) is 0 Å². The molecule has 2 aromatic rings. The largest absolute Gasteiger partial charge is 0.416 e. The number of aryl methyl sites for hydroxylation is 1. The Morgan fingerprint density at radius 2 is 2.05 bits per heavy atom. The lowest BCUT2D eigenvalue weighted by Crippen LogP contribution is -2.21. The summed E-state index contributed by atoms with van der Waals surface area (Å²) in [7, 11) is 3.37. The Morgan fingerprint density at radius 3 is 2.58 bits per heavy atom. The number of hydrogen-bond acceptors (Lipinski definition) is 3. The van der Waals surface area contributed by atoms with Crippen molar-refractivity contribution in [3.63, 3.8) is 0 Å². The van der Waals surface area contributed by atoms with Crippen molar-refractivity contribution in [1.29, 1.82) is 0 Å². The number of aromatic nitrogens is 3. The third-order valence-electron chi connectivity index (χ3n) is 2.88. The van der Waals surface area contributed by atoms with Crippen LogP contribution in [0.2, 0.25) is 0 Å². The van der Waals surface area contributed by atoms with Gasteiger partial charge in [0.2, 0.25) is 0 Å². The van der Waals surface area contributed by atoms with Gasteiger partial charge >= 0.3 is 6.18 Å². The van der Waals surface area contributed by atoms with Crippen LogP contribution >= 0.6 is 0 Å². The minimum absolute atomic E-state index is 0.387. The average molecular weight is 270 g/mol. The van der Waals surface area contributed by atoms with E-state index in [-0.39, 0.29) is 6.04 Å². The van der Waals surface area contributed by atoms with Gasteiger partial charge < -0.3 is 5.32 Å². The second-order valence-electron chi connectivity index (χ2n) is 4.13. The Labute approximate surface area is 108 Å². The first-order valence-corrected chi connectivity index (χ1v) is 5.62. The standard InChI is InChI=1S/C12H13F3N4/c1-16-11(10-7-17-18-19(10)2)8-4-3-5-9(6-8)12(13,14)15/h3-7,11,16H,1-2H3. The molecule has 0 aliphatic rings. The molecule has 1 aromatic heterocycles. The van der Waals surface area contributed by atoms with Crippen molar-refractivity contribution >= 4 is 0 Å². The second kappa shape index (κ2) is 5.00. The molecular weight excluding hydrogens is 257 g/mol. The number of rotatable bonds is 3. The van der Waals surface area contributed by atoms with Crippen LogP contribution in [-0.4, -0.2) is 22.0 Å². The lowest BCUT2D eigenvalue weighted by atomic mass is 10.0. The molecule has 0 saturated heterocycles. The van der Waals surface area contributed by atoms with E-state index >= 15 is 0 Å². The van der Waals surface area contributed by atoms with E-state index in [1.54, 1.807) is 20.2 Å². The average Bonchev–Trinajstić information content (AvgIpc) is 2.76. The molecule has 1 unspecified atom stereocenters. The normalized spacial score (nSPS) is 13.5. The van der Waals surface area contributed by atoms with Gasteiger partial charge in [-0.2, -0.15) is 13.2 Å². The van der Waals surface area contributed by atoms with Crippen molar-refractivity contribution in [2.75, 3.05) is 7.05 Å². The Balaban J connectivity index is 2.42. The Hall–Kier alpha value is -1.89. The monoisotopic (exact) mass is 270 g/mol. The van der Waals surface area contributed by atoms with Gasteiger partial charge in [0, 0.05) is 7.05 Å². The molecule has 4 nitrogen and oxygen atoms in total. The molecule has 2 rings (SSSR count). The summed E-state index contributed by atoms with van der Waals surface area (Å²) in [6.07, 6.45) is -2.82. The summed E-state index contributed by atoms with van der Waals surface area (Å²) < 4.78 is 39.6. The van der Waals surface area contributed by atoms with Crippen LogP contribution < -0.4 is 5.32 Å². The predicted molar refractivity (Wildman–Crippen MR) is 63.3 cm³/mol. The van der Waals surface area contributed by atoms with Crippen molar-refractivity contribution in [2.24, 2.45) is 7.05 Å². The lowest BCUT2D eigenvalue weighted by Gasteiger charge is -2.17. The number of halogens is 3. The highest BCUT2D eigenvalue weighted by molar-refractivity contribution is 5.32. The van der Waals surface area contributed by atoms with Gasteiger partial charge in [-0.05, 0) is 24.7 Å². The van der Waals surface area contributed by atoms with Crippen LogP contribution in [0.5, 0.6) is 0 Å². The van der Waals surface area contributed by atoms with E-state index in [1.807, 2.05) is 0 Å². The Kier molecular flexibility index (Phi) is 3.57. The number of nitrogens with one attached hydrogen (secondary N) is 1. The fourth-order valence-corrected chi connectivity index (χ4v) is 1.94. The fraction of sp³-hybridized carbons (Fsp3) is 0.333. The third kappa shape index (κ3) is 2.76. The quantitative estimate of drug-likeness (QED) is 0.929. The van der Waals surface area contributed by atoms with Gasteiger partial charge in [-0.25, -0.2) is 0 Å². The number of benzene rings is 1. The summed E-state index contributed by atoms with van der Waals surface area (Å²) in [6.45, 7) is 0. The van der Waals surface area contributed by atoms with E-state index in [0.29, 0.717) is 11.3 Å². The van der Waals surface area contributed by atoms with Crippen LogP contribution in [0.4, 0.5) is 13.2 Å². The van der Waals surface area contributed by atoms with Crippen LogP contribution in [0.25, 0.3) is 0 Å². The van der Waals surface area contributed by atoms with Crippen molar-refractivity contribution in [1.82, 2.24) is 20.3 Å². The van der Waals surface area contributed by atoms with Crippen molar-refractivity contribution in [3.05, 3.63) is 47.3 Å². The highest BCUT2D eigenvalue weighted by Gasteiger charge is 2.31. The molecule has 19 heavy (non-hydrogen) atoms. The van der Waals surface area contributed by atoms with Gasteiger partial charge in [0.25, 0.3) is 0 Å². The van der Waals surface area contributed by atoms with Gasteiger partial charge in [-0.15, -0.1) is 5.10 Å². The van der Waals surface area contributed by atoms with Gasteiger partial charge in [-0.1, -0.05) is 17.3 Å². The van der Waals surface area contributed by atoms with Crippen LogP contribution in [-0.2, 0) is 13.2 Å². The van der Waals surface area contributed by atoms with Gasteiger partial charge in [0.1, 0.15) is 0 Å². The second-order valence-corrected chi connectivity index (χ2v) is 4.13. The molecule has 1 N–H and O–H groups in total. The van der Waals surface area contributed by atoms with Crippen molar-refractivity contribution < 1.29 is 13.2 Å². The van der Waals surface area contributed by atoms with E-state index in [4.69, 9.17) is 0 Å². The van der Waals surface area contributed by atoms with Gasteiger partial charge in [0.15, 0.2) is 0 Å². The van der Waals surface area contributed by atoms with E-state index < -0.39 is 11.7 Å². The zero-order valence-corrected chi connectivity index (χ0v) is 10.4. The summed E-state index contributed by atoms with van der Waals surface area (Å²) in [5.41, 5.74) is 0.546. The predicted octanol–water partition coefficient (Wildman–Crippen LogP) is 2.14. The molecule has 0 saturated carbocycles.